The number of primary amides is 1. The van der Waals surface area contributed by atoms with Crippen LogP contribution in [0.1, 0.15) is 0 Å². The summed E-state index contributed by atoms with van der Waals surface area (Å²) in [6, 6.07) is 0. The molecule has 0 fully saturated rings. The van der Waals surface area contributed by atoms with Crippen molar-refractivity contribution in [1.29, 1.82) is 0 Å². The van der Waals surface area contributed by atoms with E-state index in [0.29, 0.717) is 0 Å². The minimum absolute atomic E-state index is 0.850. The molecule has 5 atom stereocenters. The van der Waals surface area contributed by atoms with E-state index in [2.05, 4.69) is 5.73 Å². The number of hydrogen-bond acceptors (Lipinski definition) is 7. The Morgan fingerprint density at radius 2 is 1.47 bits per heavy atom. The average Bonchev–Trinajstić information content (AvgIpc) is 2.23. The van der Waals surface area contributed by atoms with Gasteiger partial charge in [0.25, 0.3) is 0 Å². The SMILES string of the molecule is NC(=O)[C@H](O)[C@H](O)[C@@H](O)[C@@H](O)[C@@H](O)CO. The lowest BCUT2D eigenvalue weighted by Crippen LogP contribution is -2.53. The first-order chi connectivity index (χ1) is 6.82. The van der Waals surface area contributed by atoms with E-state index < -0.39 is 43.0 Å². The van der Waals surface area contributed by atoms with Crippen molar-refractivity contribution in [2.75, 3.05) is 6.61 Å². The van der Waals surface area contributed by atoms with Gasteiger partial charge >= 0.3 is 0 Å². The highest BCUT2D eigenvalue weighted by atomic mass is 16.4. The summed E-state index contributed by atoms with van der Waals surface area (Å²) in [5.41, 5.74) is 4.63. The Kier molecular flexibility index (Phi) is 5.65. The third-order valence-corrected chi connectivity index (χ3v) is 1.90. The third-order valence-electron chi connectivity index (χ3n) is 1.90. The van der Waals surface area contributed by atoms with Crippen LogP contribution in [0, 0.1) is 0 Å². The van der Waals surface area contributed by atoms with Gasteiger partial charge in [0.15, 0.2) is 6.10 Å². The van der Waals surface area contributed by atoms with Crippen molar-refractivity contribution >= 4 is 5.91 Å². The van der Waals surface area contributed by atoms with E-state index in [9.17, 15) is 4.79 Å². The number of amides is 1. The van der Waals surface area contributed by atoms with E-state index in [1.165, 1.54) is 0 Å². The minimum Gasteiger partial charge on any atom is -0.394 e. The van der Waals surface area contributed by atoms with Crippen LogP contribution in [0.5, 0.6) is 0 Å². The zero-order chi connectivity index (χ0) is 12.2. The van der Waals surface area contributed by atoms with Gasteiger partial charge in [0, 0.05) is 0 Å². The molecular weight excluding hydrogens is 210 g/mol. The monoisotopic (exact) mass is 225 g/mol. The van der Waals surface area contributed by atoms with Gasteiger partial charge in [0.1, 0.15) is 24.4 Å². The molecular formula is C7H15NO7. The number of carbonyl (C=O) groups excluding carboxylic acids is 1. The number of aliphatic hydroxyl groups is 6. The van der Waals surface area contributed by atoms with E-state index in [0.717, 1.165) is 0 Å². The fourth-order valence-electron chi connectivity index (χ4n) is 0.893. The first kappa shape index (κ1) is 14.2. The van der Waals surface area contributed by atoms with Crippen molar-refractivity contribution in [2.24, 2.45) is 5.73 Å². The smallest absolute Gasteiger partial charge is 0.249 e. The molecule has 0 aromatic carbocycles. The van der Waals surface area contributed by atoms with Gasteiger partial charge in [-0.25, -0.2) is 0 Å². The van der Waals surface area contributed by atoms with E-state index in [4.69, 9.17) is 30.6 Å². The molecule has 0 aliphatic carbocycles. The van der Waals surface area contributed by atoms with Crippen LogP contribution in [0.4, 0.5) is 0 Å². The van der Waals surface area contributed by atoms with Crippen molar-refractivity contribution in [3.63, 3.8) is 0 Å². The zero-order valence-electron chi connectivity index (χ0n) is 7.76. The molecule has 90 valence electrons. The molecule has 15 heavy (non-hydrogen) atoms. The van der Waals surface area contributed by atoms with Gasteiger partial charge in [-0.3, -0.25) is 4.79 Å². The maximum absolute atomic E-state index is 10.4. The van der Waals surface area contributed by atoms with E-state index >= 15 is 0 Å². The Hall–Kier alpha value is -0.770. The largest absolute Gasteiger partial charge is 0.394 e. The number of rotatable bonds is 6. The molecule has 0 aliphatic heterocycles. The summed E-state index contributed by atoms with van der Waals surface area (Å²) in [5, 5.41) is 53.6. The summed E-state index contributed by atoms with van der Waals surface area (Å²) in [7, 11) is 0. The lowest BCUT2D eigenvalue weighted by atomic mass is 9.99. The summed E-state index contributed by atoms with van der Waals surface area (Å²) in [6.07, 6.45) is -9.72. The molecule has 0 rings (SSSR count). The van der Waals surface area contributed by atoms with Gasteiger partial charge in [0.05, 0.1) is 6.61 Å². The molecule has 0 radical (unpaired) electrons. The second kappa shape index (κ2) is 5.95. The molecule has 8 N–H and O–H groups in total. The lowest BCUT2D eigenvalue weighted by molar-refractivity contribution is -0.154. The molecule has 0 aromatic heterocycles. The summed E-state index contributed by atoms with van der Waals surface area (Å²) in [6.45, 7) is -0.850. The standard InChI is InChI=1S/C7H15NO7/c8-7(15)6(14)5(13)4(12)3(11)2(10)1-9/h2-6,9-14H,1H2,(H2,8,15)/t2-,3-,4-,5+,6+/m0/s1. The Balaban J connectivity index is 4.42. The van der Waals surface area contributed by atoms with Crippen LogP contribution in [0.3, 0.4) is 0 Å². The lowest BCUT2D eigenvalue weighted by Gasteiger charge is -2.27. The van der Waals surface area contributed by atoms with Crippen LogP contribution in [0.2, 0.25) is 0 Å². The number of hydrogen-bond donors (Lipinski definition) is 7. The quantitative estimate of drug-likeness (QED) is 0.238. The minimum atomic E-state index is -2.07. The van der Waals surface area contributed by atoms with Crippen molar-refractivity contribution in [3.05, 3.63) is 0 Å². The second-order valence-electron chi connectivity index (χ2n) is 3.07. The first-order valence-electron chi connectivity index (χ1n) is 4.13. The van der Waals surface area contributed by atoms with Crippen LogP contribution in [-0.2, 0) is 4.79 Å². The molecule has 0 aromatic rings. The topological polar surface area (TPSA) is 164 Å². The van der Waals surface area contributed by atoms with Crippen LogP contribution in [0.15, 0.2) is 0 Å². The molecule has 0 aliphatic rings. The third kappa shape index (κ3) is 3.70. The number of aliphatic hydroxyl groups excluding tert-OH is 6. The normalized spacial score (nSPS) is 21.5. The predicted octanol–water partition coefficient (Wildman–Crippen LogP) is -4.73. The van der Waals surface area contributed by atoms with Crippen LogP contribution < -0.4 is 5.73 Å². The number of carbonyl (C=O) groups is 1. The Morgan fingerprint density at radius 3 is 1.80 bits per heavy atom. The molecule has 0 bridgehead atoms. The van der Waals surface area contributed by atoms with Crippen LogP contribution >= 0.6 is 0 Å². The molecule has 8 nitrogen and oxygen atoms in total. The highest BCUT2D eigenvalue weighted by Gasteiger charge is 2.36. The maximum atomic E-state index is 10.4. The second-order valence-corrected chi connectivity index (χ2v) is 3.07. The van der Waals surface area contributed by atoms with Crippen molar-refractivity contribution in [3.8, 4) is 0 Å². The molecule has 0 heterocycles. The molecule has 1 amide bonds. The van der Waals surface area contributed by atoms with E-state index in [1.54, 1.807) is 0 Å². The van der Waals surface area contributed by atoms with Gasteiger partial charge in [0.2, 0.25) is 5.91 Å². The zero-order valence-corrected chi connectivity index (χ0v) is 7.76. The Bertz CT molecular complexity index is 212. The summed E-state index contributed by atoms with van der Waals surface area (Å²) in [4.78, 5) is 10.4. The Morgan fingerprint density at radius 1 is 1.00 bits per heavy atom. The summed E-state index contributed by atoms with van der Waals surface area (Å²) in [5.74, 6) is -1.28. The van der Waals surface area contributed by atoms with E-state index in [-0.39, 0.29) is 0 Å². The fraction of sp³-hybridized carbons (Fsp3) is 0.857. The van der Waals surface area contributed by atoms with Crippen molar-refractivity contribution < 1.29 is 35.4 Å². The number of nitrogens with two attached hydrogens (primary N) is 1. The molecule has 0 unspecified atom stereocenters. The van der Waals surface area contributed by atoms with E-state index in [1.807, 2.05) is 0 Å². The van der Waals surface area contributed by atoms with Gasteiger partial charge in [-0.05, 0) is 0 Å². The summed E-state index contributed by atoms with van der Waals surface area (Å²) < 4.78 is 0. The average molecular weight is 225 g/mol. The fourth-order valence-corrected chi connectivity index (χ4v) is 0.893. The maximum Gasteiger partial charge on any atom is 0.249 e. The molecule has 0 spiro atoms. The first-order valence-corrected chi connectivity index (χ1v) is 4.13. The highest BCUT2D eigenvalue weighted by molar-refractivity contribution is 5.79. The van der Waals surface area contributed by atoms with Gasteiger partial charge < -0.3 is 36.4 Å². The molecule has 0 saturated heterocycles. The Labute approximate surface area is 85.2 Å². The highest BCUT2D eigenvalue weighted by Crippen LogP contribution is 2.08. The predicted molar refractivity (Wildman–Crippen MR) is 46.3 cm³/mol. The van der Waals surface area contributed by atoms with Gasteiger partial charge in [-0.1, -0.05) is 0 Å². The van der Waals surface area contributed by atoms with Crippen LogP contribution in [0.25, 0.3) is 0 Å². The molecule has 0 saturated carbocycles. The van der Waals surface area contributed by atoms with Crippen molar-refractivity contribution in [2.45, 2.75) is 30.5 Å². The molecule has 8 heteroatoms. The summed E-state index contributed by atoms with van der Waals surface area (Å²) >= 11 is 0. The van der Waals surface area contributed by atoms with Gasteiger partial charge in [-0.15, -0.1) is 0 Å². The van der Waals surface area contributed by atoms with Crippen LogP contribution in [-0.4, -0.2) is 73.7 Å². The van der Waals surface area contributed by atoms with Gasteiger partial charge in [-0.2, -0.15) is 0 Å². The van der Waals surface area contributed by atoms with Crippen molar-refractivity contribution in [1.82, 2.24) is 0 Å².